The zero-order valence-corrected chi connectivity index (χ0v) is 22.6. The average Bonchev–Trinajstić information content (AvgIpc) is 3.37. The largest absolute Gasteiger partial charge is 0.486 e. The number of aliphatic imine (C=N–C) groups is 1. The second-order valence-electron chi connectivity index (χ2n) is 10.4. The molecule has 3 heterocycles. The van der Waals surface area contributed by atoms with E-state index >= 15 is 0 Å². The van der Waals surface area contributed by atoms with Gasteiger partial charge in [-0.05, 0) is 79.7 Å². The standard InChI is InChI=1S/C33H30N2O2S/c1-21-6-10-23(11-7-21)18-26-4-3-5-27-31(26)34-33-35(32(27)24-12-8-22(2)9-13-24)28(20-38-33)25-14-15-29-30(19-25)37-17-16-36-29/h6-15,18-20,32H,3-5,16-17H2,1-2H3/b26-18+/t32-/m0/s1. The minimum Gasteiger partial charge on any atom is -0.486 e. The van der Waals surface area contributed by atoms with Crippen LogP contribution in [-0.4, -0.2) is 23.3 Å². The molecule has 0 unspecified atom stereocenters. The monoisotopic (exact) mass is 518 g/mol. The Balaban J connectivity index is 1.34. The SMILES string of the molecule is Cc1ccc(/C=C2\CCCC3=C2N=C2SC=C(c4ccc5c(c4)OCCO5)N2[C@H]3c2ccc(C)cc2)cc1. The number of ether oxygens (including phenoxy) is 2. The first-order chi connectivity index (χ1) is 18.6. The minimum absolute atomic E-state index is 0.106. The number of benzene rings is 3. The summed E-state index contributed by atoms with van der Waals surface area (Å²) in [6, 6.07) is 24.2. The predicted molar refractivity (Wildman–Crippen MR) is 156 cm³/mol. The first-order valence-electron chi connectivity index (χ1n) is 13.4. The summed E-state index contributed by atoms with van der Waals surface area (Å²) in [6.45, 7) is 5.46. The molecule has 4 nitrogen and oxygen atoms in total. The van der Waals surface area contributed by atoms with Gasteiger partial charge in [-0.15, -0.1) is 0 Å². The molecule has 0 radical (unpaired) electrons. The molecule has 0 bridgehead atoms. The molecule has 38 heavy (non-hydrogen) atoms. The number of allylic oxidation sites excluding steroid dienone is 1. The zero-order chi connectivity index (χ0) is 25.6. The fourth-order valence-electron chi connectivity index (χ4n) is 5.74. The molecule has 7 rings (SSSR count). The zero-order valence-electron chi connectivity index (χ0n) is 21.7. The maximum Gasteiger partial charge on any atom is 0.174 e. The maximum atomic E-state index is 5.92. The summed E-state index contributed by atoms with van der Waals surface area (Å²) < 4.78 is 11.7. The third-order valence-electron chi connectivity index (χ3n) is 7.69. The number of thioether (sulfide) groups is 1. The van der Waals surface area contributed by atoms with Gasteiger partial charge in [-0.2, -0.15) is 0 Å². The molecule has 0 spiro atoms. The van der Waals surface area contributed by atoms with Crippen molar-refractivity contribution in [2.75, 3.05) is 13.2 Å². The lowest BCUT2D eigenvalue weighted by Crippen LogP contribution is -2.34. The summed E-state index contributed by atoms with van der Waals surface area (Å²) in [5.74, 6) is 1.63. The van der Waals surface area contributed by atoms with Gasteiger partial charge in [0.1, 0.15) is 13.2 Å². The normalized spacial score (nSPS) is 21.2. The van der Waals surface area contributed by atoms with Crippen LogP contribution in [0.5, 0.6) is 11.5 Å². The molecule has 0 saturated carbocycles. The van der Waals surface area contributed by atoms with E-state index in [4.69, 9.17) is 14.5 Å². The van der Waals surface area contributed by atoms with Crippen LogP contribution in [0.15, 0.2) is 94.0 Å². The number of hydrogen-bond donors (Lipinski definition) is 0. The van der Waals surface area contributed by atoms with Gasteiger partial charge in [0.15, 0.2) is 16.7 Å². The molecule has 3 aromatic rings. The molecule has 3 aromatic carbocycles. The Bertz CT molecular complexity index is 1530. The highest BCUT2D eigenvalue weighted by Gasteiger charge is 2.40. The average molecular weight is 519 g/mol. The molecule has 0 aromatic heterocycles. The summed E-state index contributed by atoms with van der Waals surface area (Å²) in [5, 5.41) is 3.28. The molecule has 1 aliphatic carbocycles. The van der Waals surface area contributed by atoms with E-state index in [2.05, 4.69) is 90.9 Å². The lowest BCUT2D eigenvalue weighted by atomic mass is 9.82. The van der Waals surface area contributed by atoms with Crippen LogP contribution in [0.1, 0.15) is 53.1 Å². The number of fused-ring (bicyclic) bond motifs is 2. The molecule has 0 N–H and O–H groups in total. The van der Waals surface area contributed by atoms with Crippen LogP contribution in [0, 0.1) is 13.8 Å². The molecule has 3 aliphatic heterocycles. The van der Waals surface area contributed by atoms with Crippen molar-refractivity contribution in [2.45, 2.75) is 39.2 Å². The summed E-state index contributed by atoms with van der Waals surface area (Å²) in [4.78, 5) is 7.77. The predicted octanol–water partition coefficient (Wildman–Crippen LogP) is 8.05. The lowest BCUT2D eigenvalue weighted by Gasteiger charge is -2.40. The van der Waals surface area contributed by atoms with Crippen molar-refractivity contribution in [2.24, 2.45) is 4.99 Å². The van der Waals surface area contributed by atoms with Gasteiger partial charge in [0, 0.05) is 11.0 Å². The number of nitrogens with zero attached hydrogens (tertiary/aromatic N) is 2. The molecule has 1 atom stereocenters. The first kappa shape index (κ1) is 23.4. The molecule has 5 heteroatoms. The number of aryl methyl sites for hydroxylation is 2. The second kappa shape index (κ2) is 9.55. The Hall–Kier alpha value is -3.70. The Morgan fingerprint density at radius 2 is 1.61 bits per heavy atom. The molecule has 4 aliphatic rings. The molecule has 0 amide bonds. The summed E-state index contributed by atoms with van der Waals surface area (Å²) in [5.41, 5.74) is 11.3. The van der Waals surface area contributed by atoms with Crippen molar-refractivity contribution >= 4 is 28.7 Å². The smallest absolute Gasteiger partial charge is 0.174 e. The van der Waals surface area contributed by atoms with Crippen LogP contribution in [0.4, 0.5) is 0 Å². The topological polar surface area (TPSA) is 34.1 Å². The van der Waals surface area contributed by atoms with Crippen LogP contribution < -0.4 is 9.47 Å². The fraction of sp³-hybridized carbons (Fsp3) is 0.242. The van der Waals surface area contributed by atoms with E-state index in [1.54, 1.807) is 11.8 Å². The van der Waals surface area contributed by atoms with E-state index in [1.807, 2.05) is 6.07 Å². The Morgan fingerprint density at radius 1 is 0.868 bits per heavy atom. The van der Waals surface area contributed by atoms with Crippen molar-refractivity contribution in [3.63, 3.8) is 0 Å². The summed E-state index contributed by atoms with van der Waals surface area (Å²) in [6.07, 6.45) is 5.57. The third-order valence-corrected chi connectivity index (χ3v) is 8.53. The maximum absolute atomic E-state index is 5.92. The van der Waals surface area contributed by atoms with Crippen molar-refractivity contribution in [3.05, 3.63) is 117 Å². The van der Waals surface area contributed by atoms with E-state index in [-0.39, 0.29) is 6.04 Å². The van der Waals surface area contributed by atoms with E-state index in [0.29, 0.717) is 13.2 Å². The summed E-state index contributed by atoms with van der Waals surface area (Å²) >= 11 is 1.71. The van der Waals surface area contributed by atoms with Crippen LogP contribution in [0.3, 0.4) is 0 Å². The van der Waals surface area contributed by atoms with Crippen molar-refractivity contribution in [1.29, 1.82) is 0 Å². The van der Waals surface area contributed by atoms with Crippen LogP contribution in [-0.2, 0) is 0 Å². The Morgan fingerprint density at radius 3 is 2.39 bits per heavy atom. The second-order valence-corrected chi connectivity index (χ2v) is 11.2. The number of hydrogen-bond acceptors (Lipinski definition) is 5. The van der Waals surface area contributed by atoms with Crippen LogP contribution in [0.2, 0.25) is 0 Å². The summed E-state index contributed by atoms with van der Waals surface area (Å²) in [7, 11) is 0. The van der Waals surface area contributed by atoms with Gasteiger partial charge in [0.2, 0.25) is 0 Å². The van der Waals surface area contributed by atoms with E-state index < -0.39 is 0 Å². The number of rotatable bonds is 3. The minimum atomic E-state index is 0.106. The fourth-order valence-corrected chi connectivity index (χ4v) is 6.67. The van der Waals surface area contributed by atoms with Gasteiger partial charge in [0.25, 0.3) is 0 Å². The molecule has 190 valence electrons. The van der Waals surface area contributed by atoms with Gasteiger partial charge in [-0.1, -0.05) is 71.4 Å². The highest BCUT2D eigenvalue weighted by Crippen LogP contribution is 2.51. The quantitative estimate of drug-likeness (QED) is 0.351. The van der Waals surface area contributed by atoms with Gasteiger partial charge in [-0.25, -0.2) is 4.99 Å². The first-order valence-corrected chi connectivity index (χ1v) is 14.2. The van der Waals surface area contributed by atoms with E-state index in [9.17, 15) is 0 Å². The van der Waals surface area contributed by atoms with Crippen LogP contribution in [0.25, 0.3) is 11.8 Å². The molecule has 0 saturated heterocycles. The Labute approximate surface area is 228 Å². The molecular formula is C33H30N2O2S. The lowest BCUT2D eigenvalue weighted by molar-refractivity contribution is 0.171. The van der Waals surface area contributed by atoms with Gasteiger partial charge in [-0.3, -0.25) is 0 Å². The van der Waals surface area contributed by atoms with Crippen molar-refractivity contribution in [1.82, 2.24) is 4.90 Å². The van der Waals surface area contributed by atoms with Gasteiger partial charge >= 0.3 is 0 Å². The van der Waals surface area contributed by atoms with Gasteiger partial charge < -0.3 is 14.4 Å². The Kier molecular flexibility index (Phi) is 5.89. The molecule has 0 fully saturated rings. The highest BCUT2D eigenvalue weighted by molar-refractivity contribution is 8.16. The van der Waals surface area contributed by atoms with Crippen molar-refractivity contribution < 1.29 is 9.47 Å². The van der Waals surface area contributed by atoms with Crippen molar-refractivity contribution in [3.8, 4) is 11.5 Å². The molecular weight excluding hydrogens is 488 g/mol. The van der Waals surface area contributed by atoms with E-state index in [1.165, 1.54) is 39.1 Å². The third kappa shape index (κ3) is 4.15. The van der Waals surface area contributed by atoms with Crippen LogP contribution >= 0.6 is 11.8 Å². The highest BCUT2D eigenvalue weighted by atomic mass is 32.2. The number of amidine groups is 1. The van der Waals surface area contributed by atoms with E-state index in [0.717, 1.165) is 47.2 Å². The van der Waals surface area contributed by atoms with Gasteiger partial charge in [0.05, 0.1) is 17.4 Å².